The van der Waals surface area contributed by atoms with Crippen LogP contribution in [0.3, 0.4) is 0 Å². The molecule has 0 bridgehead atoms. The highest BCUT2D eigenvalue weighted by molar-refractivity contribution is 5.96. The van der Waals surface area contributed by atoms with Gasteiger partial charge in [-0.15, -0.1) is 0 Å². The van der Waals surface area contributed by atoms with E-state index in [1.165, 1.54) is 0 Å². The molecule has 1 heterocycles. The summed E-state index contributed by atoms with van der Waals surface area (Å²) in [5.41, 5.74) is 2.13. The monoisotopic (exact) mass is 363 g/mol. The minimum atomic E-state index is -0.201. The van der Waals surface area contributed by atoms with E-state index in [9.17, 15) is 9.59 Å². The van der Waals surface area contributed by atoms with E-state index < -0.39 is 0 Å². The summed E-state index contributed by atoms with van der Waals surface area (Å²) in [4.78, 5) is 26.2. The zero-order chi connectivity index (χ0) is 19.1. The second-order valence-corrected chi connectivity index (χ2v) is 6.08. The molecule has 1 aromatic heterocycles. The van der Waals surface area contributed by atoms with Crippen LogP contribution in [0.5, 0.6) is 0 Å². The number of carbonyl (C=O) groups excluding carboxylic acids is 2. The van der Waals surface area contributed by atoms with Gasteiger partial charge in [-0.3, -0.25) is 9.59 Å². The summed E-state index contributed by atoms with van der Waals surface area (Å²) in [5.74, 6) is 0.360. The van der Waals surface area contributed by atoms with Crippen LogP contribution in [0.25, 0.3) is 0 Å². The lowest BCUT2D eigenvalue weighted by atomic mass is 10.2. The van der Waals surface area contributed by atoms with Crippen LogP contribution < -0.4 is 15.5 Å². The van der Waals surface area contributed by atoms with Crippen molar-refractivity contribution in [2.45, 2.75) is 6.54 Å². The van der Waals surface area contributed by atoms with Crippen molar-refractivity contribution < 1.29 is 14.0 Å². The molecule has 2 aromatic carbocycles. The maximum absolute atomic E-state index is 12.2. The third kappa shape index (κ3) is 5.22. The van der Waals surface area contributed by atoms with Gasteiger partial charge in [0.25, 0.3) is 5.91 Å². The Kier molecular flexibility index (Phi) is 5.89. The molecule has 0 unspecified atom stereocenters. The molecule has 0 aliphatic rings. The number of furan rings is 1. The normalized spacial score (nSPS) is 10.3. The first-order valence-corrected chi connectivity index (χ1v) is 8.58. The molecule has 0 atom stereocenters. The highest BCUT2D eigenvalue weighted by Crippen LogP contribution is 2.13. The third-order valence-corrected chi connectivity index (χ3v) is 4.01. The van der Waals surface area contributed by atoms with Gasteiger partial charge in [0, 0.05) is 24.0 Å². The van der Waals surface area contributed by atoms with Gasteiger partial charge in [-0.1, -0.05) is 18.2 Å². The standard InChI is InChI=1S/C21H21N3O3/c1-24(18-6-3-2-4-7-18)15-20(25)23-17-11-9-16(10-12-17)21(26)22-14-19-8-5-13-27-19/h2-13H,14-15H2,1H3,(H,22,26)(H,23,25). The average molecular weight is 363 g/mol. The van der Waals surface area contributed by atoms with Crippen molar-refractivity contribution in [3.8, 4) is 0 Å². The lowest BCUT2D eigenvalue weighted by Gasteiger charge is -2.18. The molecule has 0 saturated heterocycles. The Bertz CT molecular complexity index is 875. The molecule has 0 fully saturated rings. The second-order valence-electron chi connectivity index (χ2n) is 6.08. The van der Waals surface area contributed by atoms with E-state index in [2.05, 4.69) is 10.6 Å². The summed E-state index contributed by atoms with van der Waals surface area (Å²) in [6, 6.07) is 20.0. The van der Waals surface area contributed by atoms with Crippen LogP contribution >= 0.6 is 0 Å². The number of anilines is 2. The number of carbonyl (C=O) groups is 2. The summed E-state index contributed by atoms with van der Waals surface area (Å²) in [7, 11) is 1.86. The second kappa shape index (κ2) is 8.71. The van der Waals surface area contributed by atoms with Gasteiger partial charge in [-0.2, -0.15) is 0 Å². The highest BCUT2D eigenvalue weighted by Gasteiger charge is 2.09. The molecule has 27 heavy (non-hydrogen) atoms. The summed E-state index contributed by atoms with van der Waals surface area (Å²) in [6.45, 7) is 0.561. The molecule has 6 heteroatoms. The molecule has 0 aliphatic heterocycles. The van der Waals surface area contributed by atoms with Gasteiger partial charge in [0.2, 0.25) is 5.91 Å². The van der Waals surface area contributed by atoms with Crippen LogP contribution in [-0.4, -0.2) is 25.4 Å². The number of likely N-dealkylation sites (N-methyl/N-ethyl adjacent to an activating group) is 1. The van der Waals surface area contributed by atoms with Crippen molar-refractivity contribution in [1.82, 2.24) is 5.32 Å². The molecule has 3 rings (SSSR count). The summed E-state index contributed by atoms with van der Waals surface area (Å²) >= 11 is 0. The van der Waals surface area contributed by atoms with Gasteiger partial charge in [0.1, 0.15) is 5.76 Å². The van der Waals surface area contributed by atoms with Gasteiger partial charge >= 0.3 is 0 Å². The number of rotatable bonds is 7. The predicted molar refractivity (Wildman–Crippen MR) is 105 cm³/mol. The van der Waals surface area contributed by atoms with Crippen LogP contribution in [-0.2, 0) is 11.3 Å². The fourth-order valence-electron chi connectivity index (χ4n) is 2.58. The molecule has 2 N–H and O–H groups in total. The SMILES string of the molecule is CN(CC(=O)Nc1ccc(C(=O)NCc2ccco2)cc1)c1ccccc1. The van der Waals surface area contributed by atoms with Crippen molar-refractivity contribution in [3.63, 3.8) is 0 Å². The van der Waals surface area contributed by atoms with E-state index in [1.54, 1.807) is 42.7 Å². The molecule has 6 nitrogen and oxygen atoms in total. The van der Waals surface area contributed by atoms with Crippen LogP contribution in [0.2, 0.25) is 0 Å². The van der Waals surface area contributed by atoms with Gasteiger partial charge in [-0.25, -0.2) is 0 Å². The first-order chi connectivity index (χ1) is 13.1. The molecular weight excluding hydrogens is 342 g/mol. The van der Waals surface area contributed by atoms with Crippen molar-refractivity contribution in [2.24, 2.45) is 0 Å². The van der Waals surface area contributed by atoms with Crippen molar-refractivity contribution in [3.05, 3.63) is 84.3 Å². The van der Waals surface area contributed by atoms with E-state index in [0.29, 0.717) is 23.6 Å². The van der Waals surface area contributed by atoms with Crippen molar-refractivity contribution in [2.75, 3.05) is 23.8 Å². The largest absolute Gasteiger partial charge is 0.467 e. The Labute approximate surface area is 157 Å². The van der Waals surface area contributed by atoms with Crippen LogP contribution in [0.4, 0.5) is 11.4 Å². The smallest absolute Gasteiger partial charge is 0.251 e. The van der Waals surface area contributed by atoms with Crippen molar-refractivity contribution >= 4 is 23.2 Å². The molecule has 3 aromatic rings. The molecule has 2 amide bonds. The minimum absolute atomic E-state index is 0.128. The van der Waals surface area contributed by atoms with Gasteiger partial charge in [0.15, 0.2) is 0 Å². The van der Waals surface area contributed by atoms with Crippen LogP contribution in [0, 0.1) is 0 Å². The zero-order valence-electron chi connectivity index (χ0n) is 15.0. The molecule has 138 valence electrons. The highest BCUT2D eigenvalue weighted by atomic mass is 16.3. The Morgan fingerprint density at radius 2 is 1.70 bits per heavy atom. The maximum Gasteiger partial charge on any atom is 0.251 e. The topological polar surface area (TPSA) is 74.6 Å². The molecular formula is C21H21N3O3. The first kappa shape index (κ1) is 18.3. The first-order valence-electron chi connectivity index (χ1n) is 8.58. The van der Waals surface area contributed by atoms with E-state index in [0.717, 1.165) is 5.69 Å². The van der Waals surface area contributed by atoms with Gasteiger partial charge < -0.3 is 20.0 Å². The van der Waals surface area contributed by atoms with E-state index in [-0.39, 0.29) is 18.4 Å². The number of amides is 2. The lowest BCUT2D eigenvalue weighted by Crippen LogP contribution is -2.30. The Balaban J connectivity index is 1.51. The quantitative estimate of drug-likeness (QED) is 0.676. The molecule has 0 spiro atoms. The number of para-hydroxylation sites is 1. The summed E-state index contributed by atoms with van der Waals surface area (Å²) in [5, 5.41) is 5.61. The van der Waals surface area contributed by atoms with E-state index in [4.69, 9.17) is 4.42 Å². The Morgan fingerprint density at radius 1 is 0.963 bits per heavy atom. The number of hydrogen-bond donors (Lipinski definition) is 2. The number of hydrogen-bond acceptors (Lipinski definition) is 4. The van der Waals surface area contributed by atoms with Crippen LogP contribution in [0.15, 0.2) is 77.4 Å². The number of nitrogens with zero attached hydrogens (tertiary/aromatic N) is 1. The maximum atomic E-state index is 12.2. The fourth-order valence-corrected chi connectivity index (χ4v) is 2.58. The van der Waals surface area contributed by atoms with Crippen LogP contribution in [0.1, 0.15) is 16.1 Å². The summed E-state index contributed by atoms with van der Waals surface area (Å²) < 4.78 is 5.18. The van der Waals surface area contributed by atoms with Crippen molar-refractivity contribution in [1.29, 1.82) is 0 Å². The lowest BCUT2D eigenvalue weighted by molar-refractivity contribution is -0.114. The number of nitrogens with one attached hydrogen (secondary N) is 2. The van der Waals surface area contributed by atoms with E-state index >= 15 is 0 Å². The molecule has 0 saturated carbocycles. The number of benzene rings is 2. The Morgan fingerprint density at radius 3 is 2.37 bits per heavy atom. The fraction of sp³-hybridized carbons (Fsp3) is 0.143. The Hall–Kier alpha value is -3.54. The predicted octanol–water partition coefficient (Wildman–Crippen LogP) is 3.28. The third-order valence-electron chi connectivity index (χ3n) is 4.01. The summed E-state index contributed by atoms with van der Waals surface area (Å²) in [6.07, 6.45) is 1.56. The minimum Gasteiger partial charge on any atom is -0.467 e. The zero-order valence-corrected chi connectivity index (χ0v) is 15.0. The van der Waals surface area contributed by atoms with Gasteiger partial charge in [-0.05, 0) is 48.5 Å². The average Bonchev–Trinajstić information content (AvgIpc) is 3.21. The van der Waals surface area contributed by atoms with Gasteiger partial charge in [0.05, 0.1) is 19.4 Å². The molecule has 0 radical (unpaired) electrons. The van der Waals surface area contributed by atoms with E-state index in [1.807, 2.05) is 42.3 Å². The molecule has 0 aliphatic carbocycles.